The van der Waals surface area contributed by atoms with Crippen LogP contribution in [0.3, 0.4) is 0 Å². The van der Waals surface area contributed by atoms with Crippen molar-refractivity contribution in [2.75, 3.05) is 20.1 Å². The molecule has 1 aromatic heterocycles. The number of nitrogens with zero attached hydrogens (tertiary/aromatic N) is 1. The van der Waals surface area contributed by atoms with E-state index in [4.69, 9.17) is 0 Å². The predicted octanol–water partition coefficient (Wildman–Crippen LogP) is 1.37. The summed E-state index contributed by atoms with van der Waals surface area (Å²) >= 11 is 1.49. The normalized spacial score (nSPS) is 26.9. The first-order valence-corrected chi connectivity index (χ1v) is 9.95. The minimum atomic E-state index is -3.39. The molecule has 2 aliphatic heterocycles. The van der Waals surface area contributed by atoms with E-state index < -0.39 is 10.0 Å². The van der Waals surface area contributed by atoms with Crippen molar-refractivity contribution in [1.82, 2.24) is 14.9 Å². The molecule has 3 heterocycles. The van der Waals surface area contributed by atoms with Crippen molar-refractivity contribution >= 4 is 21.4 Å². The number of hydrogen-bond acceptors (Lipinski definition) is 5. The number of rotatable bonds is 5. The van der Waals surface area contributed by atoms with Gasteiger partial charge in [0.15, 0.2) is 0 Å². The molecule has 2 unspecified atom stereocenters. The second-order valence-corrected chi connectivity index (χ2v) is 8.60. The maximum atomic E-state index is 12.5. The van der Waals surface area contributed by atoms with Crippen LogP contribution in [0.15, 0.2) is 16.3 Å². The van der Waals surface area contributed by atoms with E-state index in [1.165, 1.54) is 24.2 Å². The Hall–Kier alpha value is -0.470. The van der Waals surface area contributed by atoms with Gasteiger partial charge in [-0.3, -0.25) is 4.90 Å². The smallest absolute Gasteiger partial charge is 0.241 e. The Bertz CT molecular complexity index is 585. The maximum Gasteiger partial charge on any atom is 0.241 e. The molecular weight excluding hydrogens is 306 g/mol. The van der Waals surface area contributed by atoms with Gasteiger partial charge >= 0.3 is 0 Å². The fourth-order valence-corrected chi connectivity index (χ4v) is 6.01. The van der Waals surface area contributed by atoms with E-state index in [2.05, 4.69) is 14.9 Å². The largest absolute Gasteiger partial charge is 0.315 e. The van der Waals surface area contributed by atoms with Crippen LogP contribution in [0.25, 0.3) is 0 Å². The Morgan fingerprint density at radius 2 is 2.19 bits per heavy atom. The average Bonchev–Trinajstić information content (AvgIpc) is 3.07. The minimum Gasteiger partial charge on any atom is -0.315 e. The predicted molar refractivity (Wildman–Crippen MR) is 85.0 cm³/mol. The molecule has 5 nitrogen and oxygen atoms in total. The highest BCUT2D eigenvalue weighted by Gasteiger charge is 2.37. The van der Waals surface area contributed by atoms with Crippen molar-refractivity contribution in [1.29, 1.82) is 0 Å². The molecule has 0 aliphatic carbocycles. The van der Waals surface area contributed by atoms with Crippen molar-refractivity contribution in [3.63, 3.8) is 0 Å². The van der Waals surface area contributed by atoms with Crippen LogP contribution in [0.1, 0.15) is 30.6 Å². The van der Waals surface area contributed by atoms with E-state index in [9.17, 15) is 8.42 Å². The molecular formula is C14H23N3O2S2. The Kier molecular flexibility index (Phi) is 4.66. The lowest BCUT2D eigenvalue weighted by Gasteiger charge is -2.32. The molecule has 2 N–H and O–H groups in total. The van der Waals surface area contributed by atoms with Gasteiger partial charge in [-0.25, -0.2) is 13.1 Å². The first kappa shape index (κ1) is 15.4. The zero-order valence-electron chi connectivity index (χ0n) is 12.3. The quantitative estimate of drug-likeness (QED) is 0.857. The second-order valence-electron chi connectivity index (χ2n) is 5.89. The van der Waals surface area contributed by atoms with Crippen molar-refractivity contribution in [3.8, 4) is 0 Å². The molecule has 0 spiro atoms. The molecule has 2 fully saturated rings. The third-order valence-corrected chi connectivity index (χ3v) is 7.01. The van der Waals surface area contributed by atoms with Gasteiger partial charge in [0, 0.05) is 35.4 Å². The molecule has 0 amide bonds. The molecule has 7 heteroatoms. The third-order valence-electron chi connectivity index (χ3n) is 4.45. The van der Waals surface area contributed by atoms with E-state index in [-0.39, 0.29) is 6.04 Å². The second kappa shape index (κ2) is 6.34. The van der Waals surface area contributed by atoms with E-state index in [1.807, 2.05) is 7.05 Å². The standard InChI is InChI=1S/C14H23N3O2S2/c1-15-9-11-8-12(10-20-11)21(18,19)16-13-5-7-17-6-3-2-4-14(13)17/h8,10,13-16H,2-7,9H2,1H3. The SMILES string of the molecule is CNCc1cc(S(=O)(=O)NC2CCN3CCCCC23)cs1. The minimum absolute atomic E-state index is 0.0722. The molecule has 2 saturated heterocycles. The van der Waals surface area contributed by atoms with Crippen LogP contribution < -0.4 is 10.0 Å². The first-order valence-electron chi connectivity index (χ1n) is 7.58. The van der Waals surface area contributed by atoms with Gasteiger partial charge in [0.1, 0.15) is 0 Å². The van der Waals surface area contributed by atoms with E-state index in [1.54, 1.807) is 11.4 Å². The summed E-state index contributed by atoms with van der Waals surface area (Å²) in [5.41, 5.74) is 0. The lowest BCUT2D eigenvalue weighted by molar-refractivity contribution is 0.186. The molecule has 118 valence electrons. The highest BCUT2D eigenvalue weighted by Crippen LogP contribution is 2.28. The van der Waals surface area contributed by atoms with Crippen LogP contribution in [0, 0.1) is 0 Å². The van der Waals surface area contributed by atoms with Crippen molar-refractivity contribution in [2.24, 2.45) is 0 Å². The molecule has 0 saturated carbocycles. The highest BCUT2D eigenvalue weighted by molar-refractivity contribution is 7.89. The topological polar surface area (TPSA) is 61.4 Å². The molecule has 0 aromatic carbocycles. The average molecular weight is 329 g/mol. The van der Waals surface area contributed by atoms with Crippen molar-refractivity contribution < 1.29 is 8.42 Å². The van der Waals surface area contributed by atoms with Crippen LogP contribution in [-0.4, -0.2) is 45.5 Å². The summed E-state index contributed by atoms with van der Waals surface area (Å²) in [5, 5.41) is 4.79. The van der Waals surface area contributed by atoms with Gasteiger partial charge in [0.25, 0.3) is 0 Å². The summed E-state index contributed by atoms with van der Waals surface area (Å²) in [4.78, 5) is 3.90. The summed E-state index contributed by atoms with van der Waals surface area (Å²) < 4.78 is 28.0. The van der Waals surface area contributed by atoms with E-state index >= 15 is 0 Å². The molecule has 21 heavy (non-hydrogen) atoms. The fraction of sp³-hybridized carbons (Fsp3) is 0.714. The molecule has 0 bridgehead atoms. The number of thiophene rings is 1. The van der Waals surface area contributed by atoms with Gasteiger partial charge in [-0.15, -0.1) is 11.3 Å². The summed E-state index contributed by atoms with van der Waals surface area (Å²) in [6, 6.07) is 2.24. The number of piperidine rings is 1. The van der Waals surface area contributed by atoms with Crippen molar-refractivity contribution in [3.05, 3.63) is 16.3 Å². The van der Waals surface area contributed by atoms with Crippen LogP contribution in [0.5, 0.6) is 0 Å². The van der Waals surface area contributed by atoms with Crippen LogP contribution >= 0.6 is 11.3 Å². The molecule has 3 rings (SSSR count). The number of hydrogen-bond donors (Lipinski definition) is 2. The Morgan fingerprint density at radius 1 is 1.33 bits per heavy atom. The lowest BCUT2D eigenvalue weighted by atomic mass is 10.00. The van der Waals surface area contributed by atoms with Crippen molar-refractivity contribution in [2.45, 2.75) is 49.2 Å². The molecule has 1 aromatic rings. The van der Waals surface area contributed by atoms with Crippen LogP contribution in [0.2, 0.25) is 0 Å². The van der Waals surface area contributed by atoms with E-state index in [0.717, 1.165) is 30.8 Å². The van der Waals surface area contributed by atoms with E-state index in [0.29, 0.717) is 17.5 Å². The van der Waals surface area contributed by atoms with Gasteiger partial charge in [0.05, 0.1) is 4.90 Å². The monoisotopic (exact) mass is 329 g/mol. The van der Waals surface area contributed by atoms with Gasteiger partial charge in [-0.05, 0) is 38.9 Å². The Labute approximate surface area is 130 Å². The fourth-order valence-electron chi connectivity index (χ4n) is 3.42. The molecule has 2 atom stereocenters. The van der Waals surface area contributed by atoms with Gasteiger partial charge in [0.2, 0.25) is 10.0 Å². The third kappa shape index (κ3) is 3.32. The Balaban J connectivity index is 1.70. The zero-order valence-corrected chi connectivity index (χ0v) is 14.0. The summed E-state index contributed by atoms with van der Waals surface area (Å²) in [5.74, 6) is 0. The van der Waals surface area contributed by atoms with Gasteiger partial charge in [-0.1, -0.05) is 6.42 Å². The molecule has 0 radical (unpaired) electrons. The summed E-state index contributed by atoms with van der Waals surface area (Å²) in [6.45, 7) is 2.85. The maximum absolute atomic E-state index is 12.5. The summed E-state index contributed by atoms with van der Waals surface area (Å²) in [6.07, 6.45) is 4.50. The number of fused-ring (bicyclic) bond motifs is 1. The lowest BCUT2D eigenvalue weighted by Crippen LogP contribution is -2.46. The number of nitrogens with one attached hydrogen (secondary N) is 2. The zero-order chi connectivity index (χ0) is 14.9. The summed E-state index contributed by atoms with van der Waals surface area (Å²) in [7, 11) is -1.52. The molecule has 2 aliphatic rings. The highest BCUT2D eigenvalue weighted by atomic mass is 32.2. The first-order chi connectivity index (χ1) is 10.1. The van der Waals surface area contributed by atoms with Gasteiger partial charge in [-0.2, -0.15) is 0 Å². The van der Waals surface area contributed by atoms with Crippen LogP contribution in [-0.2, 0) is 16.6 Å². The Morgan fingerprint density at radius 3 is 3.00 bits per heavy atom. The van der Waals surface area contributed by atoms with Gasteiger partial charge < -0.3 is 5.32 Å². The van der Waals surface area contributed by atoms with Crippen LogP contribution in [0.4, 0.5) is 0 Å². The number of sulfonamides is 1.